The molecule has 7 heteroatoms. The van der Waals surface area contributed by atoms with Gasteiger partial charge in [0.25, 0.3) is 5.91 Å². The molecule has 1 amide bonds. The molecule has 0 spiro atoms. The number of imidazole rings is 1. The summed E-state index contributed by atoms with van der Waals surface area (Å²) in [7, 11) is 1.97. The second-order valence-electron chi connectivity index (χ2n) is 6.17. The van der Waals surface area contributed by atoms with Crippen molar-refractivity contribution >= 4 is 34.7 Å². The van der Waals surface area contributed by atoms with Gasteiger partial charge in [0, 0.05) is 32.2 Å². The van der Waals surface area contributed by atoms with E-state index in [0.29, 0.717) is 18.7 Å². The number of nitrogens with zero attached hydrogens (tertiary/aromatic N) is 3. The number of aliphatic hydroxyl groups excluding tert-OH is 1. The number of fused-ring (bicyclic) bond motifs is 1. The molecule has 0 bridgehead atoms. The van der Waals surface area contributed by atoms with Gasteiger partial charge in [-0.15, -0.1) is 0 Å². The van der Waals surface area contributed by atoms with Crippen LogP contribution in [-0.4, -0.2) is 58.3 Å². The predicted molar refractivity (Wildman–Crippen MR) is 98.9 cm³/mol. The fourth-order valence-corrected chi connectivity index (χ4v) is 3.49. The highest BCUT2D eigenvalue weighted by molar-refractivity contribution is 7.98. The van der Waals surface area contributed by atoms with Gasteiger partial charge >= 0.3 is 0 Å². The smallest absolute Gasteiger partial charge is 0.251 e. The van der Waals surface area contributed by atoms with Crippen LogP contribution in [-0.2, 0) is 7.05 Å². The van der Waals surface area contributed by atoms with E-state index >= 15 is 0 Å². The van der Waals surface area contributed by atoms with Crippen molar-refractivity contribution in [3.63, 3.8) is 0 Å². The standard InChI is InChI=1S/C17H24N4O2S/c1-20-15-5-4-12(16(23)18-7-3-9-24-2)10-14(15)19-17(20)21-8-6-13(22)11-21/h4-5,10,13,22H,3,6-9,11H2,1-2H3,(H,18,23)/t13-/m0/s1. The average Bonchev–Trinajstić information content (AvgIpc) is 3.14. The lowest BCUT2D eigenvalue weighted by Crippen LogP contribution is -2.24. The van der Waals surface area contributed by atoms with Gasteiger partial charge in [0.05, 0.1) is 17.1 Å². The van der Waals surface area contributed by atoms with Crippen molar-refractivity contribution in [3.05, 3.63) is 23.8 Å². The maximum absolute atomic E-state index is 12.2. The molecule has 1 fully saturated rings. The van der Waals surface area contributed by atoms with Crippen molar-refractivity contribution in [1.82, 2.24) is 14.9 Å². The fourth-order valence-electron chi connectivity index (χ4n) is 3.06. The monoisotopic (exact) mass is 348 g/mol. The Morgan fingerprint density at radius 2 is 2.33 bits per heavy atom. The van der Waals surface area contributed by atoms with Crippen molar-refractivity contribution in [2.75, 3.05) is 36.5 Å². The Morgan fingerprint density at radius 1 is 1.50 bits per heavy atom. The Balaban J connectivity index is 1.77. The summed E-state index contributed by atoms with van der Waals surface area (Å²) in [6.07, 6.45) is 3.52. The summed E-state index contributed by atoms with van der Waals surface area (Å²) >= 11 is 1.78. The highest BCUT2D eigenvalue weighted by Gasteiger charge is 2.24. The molecule has 1 saturated heterocycles. The summed E-state index contributed by atoms with van der Waals surface area (Å²) in [4.78, 5) is 19.0. The number of amides is 1. The molecule has 0 radical (unpaired) electrons. The van der Waals surface area contributed by atoms with Gasteiger partial charge in [-0.1, -0.05) is 0 Å². The Kier molecular flexibility index (Phi) is 5.30. The van der Waals surface area contributed by atoms with Gasteiger partial charge in [-0.2, -0.15) is 11.8 Å². The van der Waals surface area contributed by atoms with Crippen LogP contribution in [0.25, 0.3) is 11.0 Å². The Hall–Kier alpha value is -1.73. The van der Waals surface area contributed by atoms with Crippen LogP contribution in [0.3, 0.4) is 0 Å². The summed E-state index contributed by atoms with van der Waals surface area (Å²) in [6.45, 7) is 2.11. The van der Waals surface area contributed by atoms with E-state index in [-0.39, 0.29) is 12.0 Å². The third-order valence-corrected chi connectivity index (χ3v) is 5.07. The zero-order chi connectivity index (χ0) is 17.1. The number of aliphatic hydroxyl groups is 1. The largest absolute Gasteiger partial charge is 0.391 e. The number of rotatable bonds is 6. The number of aryl methyl sites for hydroxylation is 1. The van der Waals surface area contributed by atoms with Gasteiger partial charge in [-0.25, -0.2) is 4.98 Å². The van der Waals surface area contributed by atoms with Crippen molar-refractivity contribution in [1.29, 1.82) is 0 Å². The zero-order valence-electron chi connectivity index (χ0n) is 14.2. The summed E-state index contributed by atoms with van der Waals surface area (Å²) in [5.74, 6) is 1.84. The van der Waals surface area contributed by atoms with E-state index in [9.17, 15) is 9.90 Å². The molecule has 0 saturated carbocycles. The van der Waals surface area contributed by atoms with Crippen LogP contribution in [0, 0.1) is 0 Å². The second-order valence-corrected chi connectivity index (χ2v) is 7.15. The number of nitrogens with one attached hydrogen (secondary N) is 1. The van der Waals surface area contributed by atoms with E-state index in [1.54, 1.807) is 11.8 Å². The number of anilines is 1. The highest BCUT2D eigenvalue weighted by Crippen LogP contribution is 2.25. The summed E-state index contributed by atoms with van der Waals surface area (Å²) in [5.41, 5.74) is 2.44. The van der Waals surface area contributed by atoms with Gasteiger partial charge in [0.15, 0.2) is 0 Å². The topological polar surface area (TPSA) is 70.4 Å². The number of hydrogen-bond acceptors (Lipinski definition) is 5. The molecule has 2 aromatic rings. The lowest BCUT2D eigenvalue weighted by atomic mass is 10.2. The molecule has 1 atom stereocenters. The van der Waals surface area contributed by atoms with Crippen LogP contribution < -0.4 is 10.2 Å². The van der Waals surface area contributed by atoms with Crippen LogP contribution >= 0.6 is 11.8 Å². The van der Waals surface area contributed by atoms with Crippen LogP contribution in [0.1, 0.15) is 23.2 Å². The molecular weight excluding hydrogens is 324 g/mol. The van der Waals surface area contributed by atoms with Crippen LogP contribution in [0.2, 0.25) is 0 Å². The van der Waals surface area contributed by atoms with Gasteiger partial charge < -0.3 is 19.9 Å². The first-order valence-corrected chi connectivity index (χ1v) is 9.66. The summed E-state index contributed by atoms with van der Waals surface area (Å²) in [5, 5.41) is 12.7. The minimum absolute atomic E-state index is 0.0539. The molecule has 24 heavy (non-hydrogen) atoms. The van der Waals surface area contributed by atoms with Crippen molar-refractivity contribution < 1.29 is 9.90 Å². The van der Waals surface area contributed by atoms with E-state index < -0.39 is 0 Å². The van der Waals surface area contributed by atoms with Gasteiger partial charge in [0.2, 0.25) is 5.95 Å². The van der Waals surface area contributed by atoms with E-state index in [1.165, 1.54) is 0 Å². The normalized spacial score (nSPS) is 17.6. The molecule has 6 nitrogen and oxygen atoms in total. The summed E-state index contributed by atoms with van der Waals surface area (Å²) < 4.78 is 2.02. The average molecular weight is 348 g/mol. The molecule has 0 aliphatic carbocycles. The third kappa shape index (κ3) is 3.52. The molecule has 130 valence electrons. The van der Waals surface area contributed by atoms with E-state index in [4.69, 9.17) is 0 Å². The number of hydrogen-bond donors (Lipinski definition) is 2. The minimum atomic E-state index is -0.285. The van der Waals surface area contributed by atoms with Crippen molar-refractivity contribution in [2.45, 2.75) is 18.9 Å². The number of carbonyl (C=O) groups is 1. The number of β-amino-alcohol motifs (C(OH)–C–C–N with tert-alkyl or cyclic N) is 1. The highest BCUT2D eigenvalue weighted by atomic mass is 32.2. The molecule has 3 rings (SSSR count). The molecule has 1 aliphatic heterocycles. The molecule has 1 aliphatic rings. The molecule has 1 aromatic heterocycles. The minimum Gasteiger partial charge on any atom is -0.391 e. The molecular formula is C17H24N4O2S. The van der Waals surface area contributed by atoms with Crippen molar-refractivity contribution in [3.8, 4) is 0 Å². The molecule has 2 N–H and O–H groups in total. The number of benzene rings is 1. The quantitative estimate of drug-likeness (QED) is 0.777. The lowest BCUT2D eigenvalue weighted by molar-refractivity contribution is 0.0954. The van der Waals surface area contributed by atoms with E-state index in [0.717, 1.165) is 42.1 Å². The van der Waals surface area contributed by atoms with E-state index in [1.807, 2.05) is 29.8 Å². The van der Waals surface area contributed by atoms with Crippen LogP contribution in [0.4, 0.5) is 5.95 Å². The SMILES string of the molecule is CSCCCNC(=O)c1ccc2c(c1)nc(N1CC[C@H](O)C1)n2C. The van der Waals surface area contributed by atoms with Crippen molar-refractivity contribution in [2.24, 2.45) is 7.05 Å². The third-order valence-electron chi connectivity index (χ3n) is 4.38. The maximum Gasteiger partial charge on any atom is 0.251 e. The van der Waals surface area contributed by atoms with Crippen LogP contribution in [0.5, 0.6) is 0 Å². The predicted octanol–water partition coefficient (Wildman–Crippen LogP) is 1.63. The Morgan fingerprint density at radius 3 is 3.04 bits per heavy atom. The first kappa shape index (κ1) is 17.1. The molecule has 1 aromatic carbocycles. The van der Waals surface area contributed by atoms with E-state index in [2.05, 4.69) is 21.5 Å². The number of aromatic nitrogens is 2. The molecule has 0 unspecified atom stereocenters. The van der Waals surface area contributed by atoms with Gasteiger partial charge in [0.1, 0.15) is 0 Å². The Bertz CT molecular complexity index is 731. The zero-order valence-corrected chi connectivity index (χ0v) is 15.0. The number of carbonyl (C=O) groups excluding carboxylic acids is 1. The number of thioether (sulfide) groups is 1. The lowest BCUT2D eigenvalue weighted by Gasteiger charge is -2.16. The maximum atomic E-state index is 12.2. The van der Waals surface area contributed by atoms with Crippen LogP contribution in [0.15, 0.2) is 18.2 Å². The first-order chi connectivity index (χ1) is 11.6. The molecule has 2 heterocycles. The second kappa shape index (κ2) is 7.44. The first-order valence-electron chi connectivity index (χ1n) is 8.27. The fraction of sp³-hybridized carbons (Fsp3) is 0.529. The Labute approximate surface area is 146 Å². The summed E-state index contributed by atoms with van der Waals surface area (Å²) in [6, 6.07) is 5.63. The van der Waals surface area contributed by atoms with Gasteiger partial charge in [-0.3, -0.25) is 4.79 Å². The van der Waals surface area contributed by atoms with Gasteiger partial charge in [-0.05, 0) is 43.0 Å².